The van der Waals surface area contributed by atoms with E-state index in [0.717, 1.165) is 57.5 Å². The zero-order valence-corrected chi connectivity index (χ0v) is 20.0. The maximum Gasteiger partial charge on any atom is 0.191 e. The Kier molecular flexibility index (Phi) is 11.6. The second-order valence-corrected chi connectivity index (χ2v) is 6.84. The third kappa shape index (κ3) is 8.16. The van der Waals surface area contributed by atoms with Crippen molar-refractivity contribution in [2.45, 2.75) is 26.5 Å². The van der Waals surface area contributed by atoms with Gasteiger partial charge in [0.1, 0.15) is 12.4 Å². The van der Waals surface area contributed by atoms with E-state index in [1.165, 1.54) is 11.3 Å². The number of hydrogen-bond donors (Lipinski definition) is 2. The molecule has 2 heterocycles. The summed E-state index contributed by atoms with van der Waals surface area (Å²) in [6, 6.07) is 12.3. The Morgan fingerprint density at radius 1 is 1.13 bits per heavy atom. The summed E-state index contributed by atoms with van der Waals surface area (Å²) in [7, 11) is 0. The molecular weight excluding hydrogens is 495 g/mol. The van der Waals surface area contributed by atoms with Gasteiger partial charge in [-0.15, -0.1) is 24.0 Å². The Hall–Kier alpha value is -1.78. The third-order valence-electron chi connectivity index (χ3n) is 4.68. The van der Waals surface area contributed by atoms with Crippen molar-refractivity contribution in [2.75, 3.05) is 50.9 Å². The molecule has 1 saturated heterocycles. The summed E-state index contributed by atoms with van der Waals surface area (Å²) >= 11 is 0. The quantitative estimate of drug-likeness (QED) is 0.213. The molecule has 30 heavy (non-hydrogen) atoms. The lowest BCUT2D eigenvalue weighted by Gasteiger charge is -2.30. The predicted octanol–water partition coefficient (Wildman–Crippen LogP) is 3.40. The van der Waals surface area contributed by atoms with Crippen LogP contribution in [0.5, 0.6) is 0 Å². The smallest absolute Gasteiger partial charge is 0.191 e. The minimum Gasteiger partial charge on any atom is -0.467 e. The van der Waals surface area contributed by atoms with Crippen LogP contribution in [0.25, 0.3) is 0 Å². The van der Waals surface area contributed by atoms with E-state index >= 15 is 0 Å². The summed E-state index contributed by atoms with van der Waals surface area (Å²) < 4.78 is 16.4. The van der Waals surface area contributed by atoms with Gasteiger partial charge < -0.3 is 29.4 Å². The van der Waals surface area contributed by atoms with Crippen LogP contribution in [-0.2, 0) is 22.6 Å². The molecular formula is C22H33IN4O3. The molecule has 166 valence electrons. The Morgan fingerprint density at radius 3 is 2.73 bits per heavy atom. The van der Waals surface area contributed by atoms with Gasteiger partial charge in [0.15, 0.2) is 5.96 Å². The van der Waals surface area contributed by atoms with Crippen molar-refractivity contribution in [1.29, 1.82) is 0 Å². The normalized spacial score (nSPS) is 14.3. The number of morpholine rings is 1. The van der Waals surface area contributed by atoms with Gasteiger partial charge in [-0.25, -0.2) is 4.99 Å². The monoisotopic (exact) mass is 528 g/mol. The molecule has 0 bridgehead atoms. The molecule has 2 aromatic rings. The molecule has 0 radical (unpaired) electrons. The van der Waals surface area contributed by atoms with Crippen molar-refractivity contribution in [1.82, 2.24) is 10.6 Å². The summed E-state index contributed by atoms with van der Waals surface area (Å²) in [5, 5.41) is 6.70. The average molecular weight is 528 g/mol. The standard InChI is InChI=1S/C22H32N4O3.HI/c1-2-23-22(24-10-6-13-28-18-20-8-5-14-29-20)25-17-19-7-3-4-9-21(19)26-11-15-27-16-12-26;/h3-5,7-9,14H,2,6,10-13,15-18H2,1H3,(H2,23,24,25);1H. The highest BCUT2D eigenvalue weighted by molar-refractivity contribution is 14.0. The molecule has 1 aliphatic heterocycles. The molecule has 0 unspecified atom stereocenters. The van der Waals surface area contributed by atoms with Crippen molar-refractivity contribution in [3.05, 3.63) is 54.0 Å². The largest absolute Gasteiger partial charge is 0.467 e. The van der Waals surface area contributed by atoms with Gasteiger partial charge in [-0.3, -0.25) is 0 Å². The SMILES string of the molecule is CCNC(=NCc1ccccc1N1CCOCC1)NCCCOCc1ccco1.I. The number of para-hydroxylation sites is 1. The molecule has 0 aliphatic carbocycles. The van der Waals surface area contributed by atoms with E-state index in [-0.39, 0.29) is 24.0 Å². The molecule has 1 aromatic carbocycles. The maximum atomic E-state index is 5.62. The molecule has 3 rings (SSSR count). The van der Waals surface area contributed by atoms with Crippen LogP contribution >= 0.6 is 24.0 Å². The van der Waals surface area contributed by atoms with Gasteiger partial charge in [-0.05, 0) is 37.1 Å². The van der Waals surface area contributed by atoms with Crippen LogP contribution in [-0.4, -0.2) is 52.0 Å². The summed E-state index contributed by atoms with van der Waals surface area (Å²) in [4.78, 5) is 7.16. The van der Waals surface area contributed by atoms with Crippen LogP contribution in [0.3, 0.4) is 0 Å². The number of anilines is 1. The highest BCUT2D eigenvalue weighted by atomic mass is 127. The van der Waals surface area contributed by atoms with Gasteiger partial charge >= 0.3 is 0 Å². The second kappa shape index (κ2) is 14.3. The highest BCUT2D eigenvalue weighted by Gasteiger charge is 2.14. The maximum absolute atomic E-state index is 5.62. The van der Waals surface area contributed by atoms with Crippen molar-refractivity contribution < 1.29 is 13.9 Å². The zero-order valence-electron chi connectivity index (χ0n) is 17.6. The topological polar surface area (TPSA) is 71.3 Å². The molecule has 0 saturated carbocycles. The average Bonchev–Trinajstić information content (AvgIpc) is 3.29. The van der Waals surface area contributed by atoms with Gasteiger partial charge in [-0.1, -0.05) is 18.2 Å². The van der Waals surface area contributed by atoms with Gasteiger partial charge in [0.2, 0.25) is 0 Å². The summed E-state index contributed by atoms with van der Waals surface area (Å²) in [6.45, 7) is 8.94. The Balaban J connectivity index is 0.00000320. The first-order valence-electron chi connectivity index (χ1n) is 10.4. The Morgan fingerprint density at radius 2 is 1.97 bits per heavy atom. The molecule has 1 fully saturated rings. The third-order valence-corrected chi connectivity index (χ3v) is 4.68. The van der Waals surface area contributed by atoms with Crippen LogP contribution in [0, 0.1) is 0 Å². The van der Waals surface area contributed by atoms with E-state index in [2.05, 4.69) is 46.7 Å². The van der Waals surface area contributed by atoms with Crippen LogP contribution in [0.15, 0.2) is 52.1 Å². The fourth-order valence-electron chi connectivity index (χ4n) is 3.21. The lowest BCUT2D eigenvalue weighted by atomic mass is 10.1. The first-order chi connectivity index (χ1) is 14.4. The summed E-state index contributed by atoms with van der Waals surface area (Å²) in [5.41, 5.74) is 2.48. The lowest BCUT2D eigenvalue weighted by Crippen LogP contribution is -2.38. The predicted molar refractivity (Wildman–Crippen MR) is 131 cm³/mol. The molecule has 0 spiro atoms. The van der Waals surface area contributed by atoms with Gasteiger partial charge in [0.25, 0.3) is 0 Å². The van der Waals surface area contributed by atoms with E-state index in [9.17, 15) is 0 Å². The van der Waals surface area contributed by atoms with E-state index in [1.54, 1.807) is 6.26 Å². The number of nitrogens with zero attached hydrogens (tertiary/aromatic N) is 2. The van der Waals surface area contributed by atoms with Crippen molar-refractivity contribution >= 4 is 35.6 Å². The number of furan rings is 1. The number of ether oxygens (including phenoxy) is 2. The summed E-state index contributed by atoms with van der Waals surface area (Å²) in [6.07, 6.45) is 2.56. The fourth-order valence-corrected chi connectivity index (χ4v) is 3.21. The van der Waals surface area contributed by atoms with Gasteiger partial charge in [0, 0.05) is 38.5 Å². The van der Waals surface area contributed by atoms with Crippen LogP contribution in [0.4, 0.5) is 5.69 Å². The number of guanidine groups is 1. The van der Waals surface area contributed by atoms with Crippen LogP contribution in [0.1, 0.15) is 24.7 Å². The van der Waals surface area contributed by atoms with E-state index in [1.807, 2.05) is 12.1 Å². The van der Waals surface area contributed by atoms with E-state index in [4.69, 9.17) is 18.9 Å². The number of rotatable bonds is 10. The Labute approximate surface area is 196 Å². The first kappa shape index (κ1) is 24.5. The fraction of sp³-hybridized carbons (Fsp3) is 0.500. The molecule has 8 heteroatoms. The van der Waals surface area contributed by atoms with E-state index < -0.39 is 0 Å². The minimum absolute atomic E-state index is 0. The molecule has 1 aliphatic rings. The summed E-state index contributed by atoms with van der Waals surface area (Å²) in [5.74, 6) is 1.68. The number of hydrogen-bond acceptors (Lipinski definition) is 5. The van der Waals surface area contributed by atoms with Gasteiger partial charge in [0.05, 0.1) is 26.0 Å². The lowest BCUT2D eigenvalue weighted by molar-refractivity contribution is 0.105. The van der Waals surface area contributed by atoms with E-state index in [0.29, 0.717) is 19.8 Å². The number of nitrogens with one attached hydrogen (secondary N) is 2. The van der Waals surface area contributed by atoms with Crippen molar-refractivity contribution in [2.24, 2.45) is 4.99 Å². The van der Waals surface area contributed by atoms with Crippen LogP contribution in [0.2, 0.25) is 0 Å². The highest BCUT2D eigenvalue weighted by Crippen LogP contribution is 2.22. The zero-order chi connectivity index (χ0) is 20.2. The van der Waals surface area contributed by atoms with Gasteiger partial charge in [-0.2, -0.15) is 0 Å². The molecule has 2 N–H and O–H groups in total. The number of halogens is 1. The van der Waals surface area contributed by atoms with Crippen LogP contribution < -0.4 is 15.5 Å². The second-order valence-electron chi connectivity index (χ2n) is 6.84. The molecule has 0 atom stereocenters. The minimum atomic E-state index is 0. The first-order valence-corrected chi connectivity index (χ1v) is 10.4. The number of aliphatic imine (C=N–C) groups is 1. The number of benzene rings is 1. The molecule has 7 nitrogen and oxygen atoms in total. The Bertz CT molecular complexity index is 734. The molecule has 0 amide bonds. The van der Waals surface area contributed by atoms with Crippen molar-refractivity contribution in [3.63, 3.8) is 0 Å². The van der Waals surface area contributed by atoms with Crippen molar-refractivity contribution in [3.8, 4) is 0 Å². The molecule has 1 aromatic heterocycles.